The van der Waals surface area contributed by atoms with Gasteiger partial charge in [-0.2, -0.15) is 0 Å². The molecule has 1 aromatic carbocycles. The zero-order valence-electron chi connectivity index (χ0n) is 18.8. The van der Waals surface area contributed by atoms with E-state index in [4.69, 9.17) is 19.4 Å². The Bertz CT molecular complexity index is 1010. The second kappa shape index (κ2) is 10.2. The number of aliphatic hydroxyl groups is 1. The molecule has 1 heterocycles. The number of aryl methyl sites for hydroxylation is 1. The van der Waals surface area contributed by atoms with Gasteiger partial charge in [0.2, 0.25) is 0 Å². The Kier molecular flexibility index (Phi) is 7.57. The molecular weight excluding hydrogens is 392 g/mol. The number of carbonyl (C=O) groups is 1. The number of hydrogen-bond donors (Lipinski definition) is 1. The molecule has 1 aromatic heterocycles. The Hall–Kier alpha value is -2.57. The molecule has 0 spiro atoms. The average molecular weight is 425 g/mol. The monoisotopic (exact) mass is 424 g/mol. The smallest absolute Gasteiger partial charge is 0.312 e. The Morgan fingerprint density at radius 2 is 1.90 bits per heavy atom. The van der Waals surface area contributed by atoms with E-state index in [-0.39, 0.29) is 17.5 Å². The molecule has 1 N–H and O–H groups in total. The van der Waals surface area contributed by atoms with Crippen LogP contribution in [0, 0.1) is 5.92 Å². The van der Waals surface area contributed by atoms with Gasteiger partial charge in [0.05, 0.1) is 40.7 Å². The fraction of sp³-hybridized carbons (Fsp3) is 0.480. The zero-order chi connectivity index (χ0) is 22.4. The number of aliphatic hydroxyl groups excluding tert-OH is 1. The molecule has 0 aliphatic heterocycles. The van der Waals surface area contributed by atoms with Gasteiger partial charge in [0, 0.05) is 5.56 Å². The molecule has 6 nitrogen and oxygen atoms in total. The third kappa shape index (κ3) is 6.45. The molecule has 0 amide bonds. The van der Waals surface area contributed by atoms with Gasteiger partial charge in [0.1, 0.15) is 0 Å². The summed E-state index contributed by atoms with van der Waals surface area (Å²) in [7, 11) is 1.40. The standard InChI is InChI=1S/C25H32N2O4/c1-25(2,3)31-22(28)13-9-8-12-20-23(17-10-6-5-7-11-17)27-21-16-18(24(29)30-4)14-15-19(21)26-20/h5-7,10-11,15-16,18,22,28H,8-9,12-14H2,1-4H3. The maximum absolute atomic E-state index is 12.0. The van der Waals surface area contributed by atoms with Gasteiger partial charge in [-0.25, -0.2) is 9.97 Å². The number of hydrogen-bond acceptors (Lipinski definition) is 6. The number of ether oxygens (including phenoxy) is 2. The number of esters is 1. The van der Waals surface area contributed by atoms with Gasteiger partial charge in [0.15, 0.2) is 6.29 Å². The van der Waals surface area contributed by atoms with E-state index in [9.17, 15) is 9.90 Å². The lowest BCUT2D eigenvalue weighted by molar-refractivity contribution is -0.168. The Morgan fingerprint density at radius 1 is 1.16 bits per heavy atom. The summed E-state index contributed by atoms with van der Waals surface area (Å²) >= 11 is 0. The summed E-state index contributed by atoms with van der Waals surface area (Å²) < 4.78 is 10.5. The zero-order valence-corrected chi connectivity index (χ0v) is 18.8. The van der Waals surface area contributed by atoms with Gasteiger partial charge in [-0.3, -0.25) is 4.79 Å². The molecule has 0 bridgehead atoms. The first-order valence-corrected chi connectivity index (χ1v) is 10.8. The van der Waals surface area contributed by atoms with E-state index >= 15 is 0 Å². The first-order valence-electron chi connectivity index (χ1n) is 10.8. The van der Waals surface area contributed by atoms with E-state index in [0.717, 1.165) is 46.9 Å². The van der Waals surface area contributed by atoms with E-state index in [1.54, 1.807) is 0 Å². The van der Waals surface area contributed by atoms with Crippen LogP contribution in [0.15, 0.2) is 30.3 Å². The average Bonchev–Trinajstić information content (AvgIpc) is 2.74. The van der Waals surface area contributed by atoms with Gasteiger partial charge in [0.25, 0.3) is 0 Å². The molecular formula is C25H32N2O4. The summed E-state index contributed by atoms with van der Waals surface area (Å²) in [6.07, 6.45) is 6.64. The van der Waals surface area contributed by atoms with Gasteiger partial charge in [-0.05, 0) is 59.0 Å². The molecule has 0 saturated carbocycles. The Morgan fingerprint density at radius 3 is 2.58 bits per heavy atom. The van der Waals surface area contributed by atoms with Crippen molar-refractivity contribution in [2.75, 3.05) is 7.11 Å². The molecule has 0 radical (unpaired) electrons. The first-order chi connectivity index (χ1) is 14.8. The number of unbranched alkanes of at least 4 members (excludes halogenated alkanes) is 1. The number of benzene rings is 1. The minimum Gasteiger partial charge on any atom is -0.469 e. The summed E-state index contributed by atoms with van der Waals surface area (Å²) in [6.45, 7) is 5.80. The van der Waals surface area contributed by atoms with Crippen molar-refractivity contribution in [3.8, 4) is 11.3 Å². The lowest BCUT2D eigenvalue weighted by atomic mass is 10.00. The SMILES string of the molecule is COC(=O)C1C=c2nc(-c3ccccc3)c(CCCCC(O)OC(C)(C)C)nc2=CC1. The van der Waals surface area contributed by atoms with E-state index in [1.165, 1.54) is 7.11 Å². The van der Waals surface area contributed by atoms with Crippen molar-refractivity contribution in [1.82, 2.24) is 9.97 Å². The predicted octanol–water partition coefficient (Wildman–Crippen LogP) is 2.74. The maximum atomic E-state index is 12.0. The highest BCUT2D eigenvalue weighted by Gasteiger charge is 2.20. The molecule has 1 aliphatic rings. The fourth-order valence-electron chi connectivity index (χ4n) is 3.66. The highest BCUT2D eigenvalue weighted by Crippen LogP contribution is 2.21. The van der Waals surface area contributed by atoms with Crippen molar-refractivity contribution in [3.05, 3.63) is 46.7 Å². The van der Waals surface area contributed by atoms with Crippen LogP contribution in [-0.4, -0.2) is 40.0 Å². The van der Waals surface area contributed by atoms with Crippen LogP contribution in [0.2, 0.25) is 0 Å². The topological polar surface area (TPSA) is 81.5 Å². The second-order valence-corrected chi connectivity index (χ2v) is 8.82. The van der Waals surface area contributed by atoms with Crippen molar-refractivity contribution in [3.63, 3.8) is 0 Å². The van der Waals surface area contributed by atoms with Crippen molar-refractivity contribution in [2.24, 2.45) is 5.92 Å². The minimum atomic E-state index is -0.763. The Balaban J connectivity index is 1.81. The van der Waals surface area contributed by atoms with E-state index in [2.05, 4.69) is 0 Å². The van der Waals surface area contributed by atoms with E-state index < -0.39 is 6.29 Å². The first kappa shape index (κ1) is 23.1. The molecule has 2 unspecified atom stereocenters. The molecule has 3 rings (SSSR count). The van der Waals surface area contributed by atoms with Gasteiger partial charge in [-0.1, -0.05) is 36.4 Å². The number of rotatable bonds is 8. The minimum absolute atomic E-state index is 0.259. The molecule has 31 heavy (non-hydrogen) atoms. The number of methoxy groups -OCH3 is 1. The molecule has 2 aromatic rings. The highest BCUT2D eigenvalue weighted by molar-refractivity contribution is 5.80. The summed E-state index contributed by atoms with van der Waals surface area (Å²) in [5.41, 5.74) is 2.40. The normalized spacial score (nSPS) is 16.6. The van der Waals surface area contributed by atoms with Crippen LogP contribution in [0.3, 0.4) is 0 Å². The van der Waals surface area contributed by atoms with E-state index in [1.807, 2.05) is 63.3 Å². The molecule has 166 valence electrons. The van der Waals surface area contributed by atoms with Crippen molar-refractivity contribution in [1.29, 1.82) is 0 Å². The number of aromatic nitrogens is 2. The van der Waals surface area contributed by atoms with Crippen molar-refractivity contribution >= 4 is 18.1 Å². The molecule has 0 saturated heterocycles. The quantitative estimate of drug-likeness (QED) is 0.399. The summed E-state index contributed by atoms with van der Waals surface area (Å²) in [4.78, 5) is 21.7. The van der Waals surface area contributed by atoms with Gasteiger partial charge < -0.3 is 14.6 Å². The van der Waals surface area contributed by atoms with E-state index in [0.29, 0.717) is 12.8 Å². The second-order valence-electron chi connectivity index (χ2n) is 8.82. The van der Waals surface area contributed by atoms with Crippen molar-refractivity contribution in [2.45, 2.75) is 64.8 Å². The number of nitrogens with zero attached hydrogens (tertiary/aromatic N) is 2. The third-order valence-corrected chi connectivity index (χ3v) is 5.10. The van der Waals surface area contributed by atoms with Crippen LogP contribution in [0.4, 0.5) is 0 Å². The van der Waals surface area contributed by atoms with Crippen LogP contribution in [0.1, 0.15) is 52.1 Å². The highest BCUT2D eigenvalue weighted by atomic mass is 16.6. The van der Waals surface area contributed by atoms with Crippen LogP contribution < -0.4 is 10.7 Å². The third-order valence-electron chi connectivity index (χ3n) is 5.10. The molecule has 1 aliphatic carbocycles. The molecule has 6 heteroatoms. The van der Waals surface area contributed by atoms with Gasteiger partial charge in [-0.15, -0.1) is 0 Å². The summed E-state index contributed by atoms with van der Waals surface area (Å²) in [6, 6.07) is 9.97. The summed E-state index contributed by atoms with van der Waals surface area (Å²) in [5.74, 6) is -0.587. The summed E-state index contributed by atoms with van der Waals surface area (Å²) in [5, 5.41) is 11.6. The fourth-order valence-corrected chi connectivity index (χ4v) is 3.66. The largest absolute Gasteiger partial charge is 0.469 e. The molecule has 2 atom stereocenters. The van der Waals surface area contributed by atoms with Crippen molar-refractivity contribution < 1.29 is 19.4 Å². The number of carbonyl (C=O) groups excluding carboxylic acids is 1. The van der Waals surface area contributed by atoms with Gasteiger partial charge >= 0.3 is 5.97 Å². The Labute approximate surface area is 183 Å². The van der Waals surface area contributed by atoms with Crippen LogP contribution in [0.25, 0.3) is 23.4 Å². The van der Waals surface area contributed by atoms with Crippen LogP contribution in [0.5, 0.6) is 0 Å². The lowest BCUT2D eigenvalue weighted by Crippen LogP contribution is -2.38. The maximum Gasteiger partial charge on any atom is 0.312 e. The molecule has 0 fully saturated rings. The number of fused-ring (bicyclic) bond motifs is 1. The van der Waals surface area contributed by atoms with Crippen LogP contribution in [-0.2, 0) is 20.7 Å². The lowest BCUT2D eigenvalue weighted by Gasteiger charge is -2.23. The predicted molar refractivity (Wildman–Crippen MR) is 120 cm³/mol. The van der Waals surface area contributed by atoms with Crippen LogP contribution >= 0.6 is 0 Å².